The predicted molar refractivity (Wildman–Crippen MR) is 78.5 cm³/mol. The highest BCUT2D eigenvalue weighted by atomic mass is 35.5. The van der Waals surface area contributed by atoms with Gasteiger partial charge >= 0.3 is 6.18 Å². The summed E-state index contributed by atoms with van der Waals surface area (Å²) in [5.74, 6) is 0. The van der Waals surface area contributed by atoms with Crippen LogP contribution in [-0.4, -0.2) is 0 Å². The molecule has 0 aliphatic carbocycles. The molecular formula is C15H12Cl2F3N. The molecule has 2 rings (SSSR count). The molecule has 2 aromatic carbocycles. The zero-order valence-electron chi connectivity index (χ0n) is 10.8. The van der Waals surface area contributed by atoms with Crippen molar-refractivity contribution < 1.29 is 13.2 Å². The smallest absolute Gasteiger partial charge is 0.324 e. The molecule has 1 unspecified atom stereocenters. The van der Waals surface area contributed by atoms with E-state index in [1.54, 1.807) is 18.2 Å². The molecular weight excluding hydrogens is 322 g/mol. The van der Waals surface area contributed by atoms with Gasteiger partial charge in [0.2, 0.25) is 0 Å². The Bertz CT molecular complexity index is 604. The predicted octanol–water partition coefficient (Wildman–Crippen LogP) is 5.25. The molecule has 1 atom stereocenters. The minimum atomic E-state index is -4.33. The van der Waals surface area contributed by atoms with Gasteiger partial charge in [-0.3, -0.25) is 0 Å². The maximum atomic E-state index is 12.5. The van der Waals surface area contributed by atoms with Crippen LogP contribution >= 0.6 is 23.2 Å². The Morgan fingerprint density at radius 2 is 1.48 bits per heavy atom. The van der Waals surface area contributed by atoms with Crippen molar-refractivity contribution in [3.05, 3.63) is 69.2 Å². The lowest BCUT2D eigenvalue weighted by Gasteiger charge is -2.14. The van der Waals surface area contributed by atoms with Crippen LogP contribution in [0.25, 0.3) is 0 Å². The molecule has 0 radical (unpaired) electrons. The van der Waals surface area contributed by atoms with Crippen LogP contribution in [0, 0.1) is 0 Å². The third kappa shape index (κ3) is 4.37. The van der Waals surface area contributed by atoms with Gasteiger partial charge in [-0.25, -0.2) is 0 Å². The lowest BCUT2D eigenvalue weighted by Crippen LogP contribution is -2.13. The first-order valence-electron chi connectivity index (χ1n) is 6.13. The zero-order chi connectivity index (χ0) is 15.6. The van der Waals surface area contributed by atoms with E-state index in [4.69, 9.17) is 28.9 Å². The normalized spacial score (nSPS) is 13.2. The van der Waals surface area contributed by atoms with Crippen molar-refractivity contribution in [2.75, 3.05) is 0 Å². The van der Waals surface area contributed by atoms with E-state index < -0.39 is 17.8 Å². The monoisotopic (exact) mass is 333 g/mol. The van der Waals surface area contributed by atoms with Gasteiger partial charge in [-0.05, 0) is 47.9 Å². The number of hydrogen-bond donors (Lipinski definition) is 1. The van der Waals surface area contributed by atoms with Crippen LogP contribution in [0.15, 0.2) is 42.5 Å². The number of halogens is 5. The lowest BCUT2D eigenvalue weighted by molar-refractivity contribution is -0.137. The molecule has 0 amide bonds. The Kier molecular flexibility index (Phi) is 4.81. The quantitative estimate of drug-likeness (QED) is 0.815. The van der Waals surface area contributed by atoms with E-state index >= 15 is 0 Å². The summed E-state index contributed by atoms with van der Waals surface area (Å²) in [7, 11) is 0. The number of nitrogens with two attached hydrogens (primary N) is 1. The second-order valence-corrected chi connectivity index (χ2v) is 5.58. The largest absolute Gasteiger partial charge is 0.416 e. The van der Waals surface area contributed by atoms with Gasteiger partial charge in [0.15, 0.2) is 0 Å². The van der Waals surface area contributed by atoms with Gasteiger partial charge in [0, 0.05) is 16.1 Å². The van der Waals surface area contributed by atoms with Crippen molar-refractivity contribution in [2.45, 2.75) is 18.6 Å². The first-order chi connectivity index (χ1) is 9.75. The molecule has 0 aliphatic heterocycles. The zero-order valence-corrected chi connectivity index (χ0v) is 12.3. The van der Waals surface area contributed by atoms with Crippen molar-refractivity contribution in [1.29, 1.82) is 0 Å². The summed E-state index contributed by atoms with van der Waals surface area (Å²) in [6, 6.07) is 9.55. The standard InChI is InChI=1S/C15H12Cl2F3N/c16-12-6-10(7-13(17)8-12)14(21)5-9-1-3-11(4-2-9)15(18,19)20/h1-4,6-8,14H,5,21H2. The van der Waals surface area contributed by atoms with Gasteiger partial charge in [0.05, 0.1) is 5.56 Å². The van der Waals surface area contributed by atoms with Crippen LogP contribution in [0.5, 0.6) is 0 Å². The number of rotatable bonds is 3. The Labute approximate surface area is 130 Å². The summed E-state index contributed by atoms with van der Waals surface area (Å²) in [4.78, 5) is 0. The third-order valence-electron chi connectivity index (χ3n) is 3.05. The van der Waals surface area contributed by atoms with Crippen LogP contribution in [0.3, 0.4) is 0 Å². The highest BCUT2D eigenvalue weighted by Crippen LogP contribution is 2.30. The Hall–Kier alpha value is -1.23. The Balaban J connectivity index is 2.14. The van der Waals surface area contributed by atoms with Crippen LogP contribution in [-0.2, 0) is 12.6 Å². The Morgan fingerprint density at radius 1 is 0.952 bits per heavy atom. The fourth-order valence-electron chi connectivity index (χ4n) is 1.99. The maximum absolute atomic E-state index is 12.5. The molecule has 0 bridgehead atoms. The molecule has 0 saturated heterocycles. The number of hydrogen-bond acceptors (Lipinski definition) is 1. The molecule has 21 heavy (non-hydrogen) atoms. The van der Waals surface area contributed by atoms with Crippen molar-refractivity contribution in [1.82, 2.24) is 0 Å². The SMILES string of the molecule is NC(Cc1ccc(C(F)(F)F)cc1)c1cc(Cl)cc(Cl)c1. The van der Waals surface area contributed by atoms with Gasteiger partial charge in [-0.15, -0.1) is 0 Å². The maximum Gasteiger partial charge on any atom is 0.416 e. The van der Waals surface area contributed by atoms with Crippen LogP contribution in [0.4, 0.5) is 13.2 Å². The van der Waals surface area contributed by atoms with Crippen molar-refractivity contribution >= 4 is 23.2 Å². The summed E-state index contributed by atoms with van der Waals surface area (Å²) < 4.78 is 37.4. The molecule has 0 aliphatic rings. The van der Waals surface area contributed by atoms with Gasteiger partial charge < -0.3 is 5.73 Å². The molecule has 0 aromatic heterocycles. The molecule has 2 N–H and O–H groups in total. The summed E-state index contributed by atoms with van der Waals surface area (Å²) in [6.45, 7) is 0. The van der Waals surface area contributed by atoms with E-state index in [0.29, 0.717) is 22.0 Å². The number of benzene rings is 2. The topological polar surface area (TPSA) is 26.0 Å². The molecule has 112 valence electrons. The Morgan fingerprint density at radius 3 is 1.95 bits per heavy atom. The average molecular weight is 334 g/mol. The van der Waals surface area contributed by atoms with Crippen LogP contribution in [0.2, 0.25) is 10.0 Å². The summed E-state index contributed by atoms with van der Waals surface area (Å²) in [5.41, 5.74) is 6.83. The van der Waals surface area contributed by atoms with Gasteiger partial charge in [0.1, 0.15) is 0 Å². The first kappa shape index (κ1) is 16.1. The van der Waals surface area contributed by atoms with Crippen LogP contribution < -0.4 is 5.73 Å². The highest BCUT2D eigenvalue weighted by molar-refractivity contribution is 6.34. The molecule has 1 nitrogen and oxygen atoms in total. The summed E-state index contributed by atoms with van der Waals surface area (Å²) in [6.07, 6.45) is -3.93. The lowest BCUT2D eigenvalue weighted by atomic mass is 9.99. The molecule has 0 saturated carbocycles. The minimum absolute atomic E-state index is 0.391. The van der Waals surface area contributed by atoms with Gasteiger partial charge in [0.25, 0.3) is 0 Å². The highest BCUT2D eigenvalue weighted by Gasteiger charge is 2.29. The van der Waals surface area contributed by atoms with E-state index in [1.807, 2.05) is 0 Å². The van der Waals surface area contributed by atoms with E-state index in [2.05, 4.69) is 0 Å². The first-order valence-corrected chi connectivity index (χ1v) is 6.89. The minimum Gasteiger partial charge on any atom is -0.324 e. The van der Waals surface area contributed by atoms with E-state index in [0.717, 1.165) is 17.7 Å². The summed E-state index contributed by atoms with van der Waals surface area (Å²) in [5, 5.41) is 0.945. The van der Waals surface area contributed by atoms with Crippen molar-refractivity contribution in [3.63, 3.8) is 0 Å². The van der Waals surface area contributed by atoms with Gasteiger partial charge in [-0.1, -0.05) is 35.3 Å². The summed E-state index contributed by atoms with van der Waals surface area (Å²) >= 11 is 11.8. The van der Waals surface area contributed by atoms with Crippen molar-refractivity contribution in [3.8, 4) is 0 Å². The van der Waals surface area contributed by atoms with Crippen molar-refractivity contribution in [2.24, 2.45) is 5.73 Å². The van der Waals surface area contributed by atoms with E-state index in [1.165, 1.54) is 12.1 Å². The van der Waals surface area contributed by atoms with E-state index in [-0.39, 0.29) is 0 Å². The molecule has 0 heterocycles. The van der Waals surface area contributed by atoms with E-state index in [9.17, 15) is 13.2 Å². The third-order valence-corrected chi connectivity index (χ3v) is 3.49. The average Bonchev–Trinajstić information content (AvgIpc) is 2.37. The van der Waals surface area contributed by atoms with Crippen LogP contribution in [0.1, 0.15) is 22.7 Å². The molecule has 0 fully saturated rings. The fourth-order valence-corrected chi connectivity index (χ4v) is 2.53. The number of alkyl halides is 3. The van der Waals surface area contributed by atoms with Gasteiger partial charge in [-0.2, -0.15) is 13.2 Å². The second-order valence-electron chi connectivity index (χ2n) is 4.71. The molecule has 6 heteroatoms. The molecule has 2 aromatic rings. The second kappa shape index (κ2) is 6.26. The fraction of sp³-hybridized carbons (Fsp3) is 0.200. The molecule has 0 spiro atoms.